The van der Waals surface area contributed by atoms with Gasteiger partial charge in [0.05, 0.1) is 5.41 Å². The molecule has 4 nitrogen and oxygen atoms in total. The van der Waals surface area contributed by atoms with Gasteiger partial charge in [0, 0.05) is 18.3 Å². The molecule has 23 heavy (non-hydrogen) atoms. The van der Waals surface area contributed by atoms with E-state index in [1.165, 1.54) is 6.92 Å². The van der Waals surface area contributed by atoms with Crippen molar-refractivity contribution in [3.8, 4) is 0 Å². The van der Waals surface area contributed by atoms with E-state index in [2.05, 4.69) is 31.1 Å². The minimum atomic E-state index is -0.412. The molecule has 0 aromatic heterocycles. The smallest absolute Gasteiger partial charge is 0.234 e. The standard InChI is InChI=1S/C19H24N2O2/c1-12-18(3,4)14-9-10-19(12,11-14)17(23)21-16-7-5-15(6-8-16)20-13(2)22/h5-8,14H,1,9-11H2,2-4H3,(H,20,22)(H,21,23)/t14-,19+/m1/s1. The molecular weight excluding hydrogens is 288 g/mol. The SMILES string of the molecule is C=C1C(C)(C)[C@@H]2CC[C@]1(C(=O)Nc1ccc(NC(C)=O)cc1)C2. The Morgan fingerprint density at radius 3 is 2.17 bits per heavy atom. The van der Waals surface area contributed by atoms with Crippen molar-refractivity contribution < 1.29 is 9.59 Å². The van der Waals surface area contributed by atoms with E-state index in [1.807, 2.05) is 12.1 Å². The van der Waals surface area contributed by atoms with Gasteiger partial charge in [-0.15, -0.1) is 0 Å². The molecule has 2 saturated carbocycles. The molecule has 2 aliphatic rings. The predicted octanol–water partition coefficient (Wildman–Crippen LogP) is 3.97. The molecule has 2 aliphatic carbocycles. The quantitative estimate of drug-likeness (QED) is 0.830. The fourth-order valence-electron chi connectivity index (χ4n) is 4.23. The van der Waals surface area contributed by atoms with Crippen molar-refractivity contribution in [3.63, 3.8) is 0 Å². The molecule has 0 heterocycles. The number of anilines is 2. The van der Waals surface area contributed by atoms with Crippen LogP contribution in [0.15, 0.2) is 36.4 Å². The fourth-order valence-corrected chi connectivity index (χ4v) is 4.23. The third-order valence-electron chi connectivity index (χ3n) is 5.79. The van der Waals surface area contributed by atoms with Crippen LogP contribution in [0, 0.1) is 16.7 Å². The van der Waals surface area contributed by atoms with Crippen LogP contribution in [0.2, 0.25) is 0 Å². The third-order valence-corrected chi connectivity index (χ3v) is 5.79. The lowest BCUT2D eigenvalue weighted by atomic mass is 9.68. The summed E-state index contributed by atoms with van der Waals surface area (Å²) in [6.45, 7) is 10.1. The van der Waals surface area contributed by atoms with Crippen molar-refractivity contribution in [2.75, 3.05) is 10.6 Å². The molecule has 2 N–H and O–H groups in total. The monoisotopic (exact) mass is 312 g/mol. The first-order valence-electron chi connectivity index (χ1n) is 8.15. The van der Waals surface area contributed by atoms with Crippen LogP contribution >= 0.6 is 0 Å². The number of carbonyl (C=O) groups is 2. The topological polar surface area (TPSA) is 58.2 Å². The van der Waals surface area contributed by atoms with Crippen LogP contribution in [-0.2, 0) is 9.59 Å². The van der Waals surface area contributed by atoms with Gasteiger partial charge in [0.2, 0.25) is 11.8 Å². The lowest BCUT2D eigenvalue weighted by molar-refractivity contribution is -0.123. The van der Waals surface area contributed by atoms with Gasteiger partial charge in [0.1, 0.15) is 0 Å². The van der Waals surface area contributed by atoms with Gasteiger partial charge in [0.15, 0.2) is 0 Å². The second kappa shape index (κ2) is 5.22. The van der Waals surface area contributed by atoms with Crippen molar-refractivity contribution in [2.45, 2.75) is 40.0 Å². The van der Waals surface area contributed by atoms with Crippen molar-refractivity contribution in [2.24, 2.45) is 16.7 Å². The summed E-state index contributed by atoms with van der Waals surface area (Å²) in [7, 11) is 0. The highest BCUT2D eigenvalue weighted by atomic mass is 16.2. The highest BCUT2D eigenvalue weighted by Crippen LogP contribution is 2.65. The summed E-state index contributed by atoms with van der Waals surface area (Å²) in [5.74, 6) is 0.507. The first-order valence-corrected chi connectivity index (χ1v) is 8.15. The van der Waals surface area contributed by atoms with Crippen LogP contribution in [-0.4, -0.2) is 11.8 Å². The molecule has 0 spiro atoms. The van der Waals surface area contributed by atoms with Gasteiger partial charge < -0.3 is 10.6 Å². The van der Waals surface area contributed by atoms with Gasteiger partial charge >= 0.3 is 0 Å². The summed E-state index contributed by atoms with van der Waals surface area (Å²) in [4.78, 5) is 24.0. The maximum Gasteiger partial charge on any atom is 0.234 e. The molecule has 2 amide bonds. The maximum absolute atomic E-state index is 12.9. The van der Waals surface area contributed by atoms with E-state index in [0.29, 0.717) is 5.92 Å². The number of nitrogens with one attached hydrogen (secondary N) is 2. The molecule has 4 heteroatoms. The Morgan fingerprint density at radius 2 is 1.70 bits per heavy atom. The molecule has 122 valence electrons. The summed E-state index contributed by atoms with van der Waals surface area (Å²) in [5.41, 5.74) is 2.18. The minimum Gasteiger partial charge on any atom is -0.326 e. The largest absolute Gasteiger partial charge is 0.326 e. The Bertz CT molecular complexity index is 675. The summed E-state index contributed by atoms with van der Waals surface area (Å²) < 4.78 is 0. The third kappa shape index (κ3) is 2.46. The zero-order chi connectivity index (χ0) is 16.8. The van der Waals surface area contributed by atoms with Crippen molar-refractivity contribution in [1.29, 1.82) is 0 Å². The molecule has 0 unspecified atom stereocenters. The maximum atomic E-state index is 12.9. The molecular formula is C19H24N2O2. The Balaban J connectivity index is 1.75. The summed E-state index contributed by atoms with van der Waals surface area (Å²) in [6.07, 6.45) is 2.91. The number of rotatable bonds is 3. The molecule has 1 aromatic carbocycles. The normalized spacial score (nSPS) is 27.8. The lowest BCUT2D eigenvalue weighted by Gasteiger charge is -2.37. The number of hydrogen-bond acceptors (Lipinski definition) is 2. The molecule has 2 fully saturated rings. The van der Waals surface area contributed by atoms with Crippen LogP contribution in [0.3, 0.4) is 0 Å². The lowest BCUT2D eigenvalue weighted by Crippen LogP contribution is -2.37. The van der Waals surface area contributed by atoms with Gasteiger partial charge in [-0.2, -0.15) is 0 Å². The summed E-state index contributed by atoms with van der Waals surface area (Å²) in [6, 6.07) is 7.21. The Morgan fingerprint density at radius 1 is 1.13 bits per heavy atom. The molecule has 2 bridgehead atoms. The molecule has 3 rings (SSSR count). The van der Waals surface area contributed by atoms with Crippen LogP contribution in [0.25, 0.3) is 0 Å². The Labute approximate surface area is 137 Å². The molecule has 2 atom stereocenters. The molecule has 1 aromatic rings. The first-order chi connectivity index (χ1) is 10.8. The van der Waals surface area contributed by atoms with Gasteiger partial charge in [0.25, 0.3) is 0 Å². The van der Waals surface area contributed by atoms with Crippen molar-refractivity contribution in [1.82, 2.24) is 0 Å². The van der Waals surface area contributed by atoms with E-state index in [0.717, 1.165) is 36.2 Å². The van der Waals surface area contributed by atoms with Gasteiger partial charge in [-0.25, -0.2) is 0 Å². The fraction of sp³-hybridized carbons (Fsp3) is 0.474. The predicted molar refractivity (Wildman–Crippen MR) is 92.1 cm³/mol. The van der Waals surface area contributed by atoms with Gasteiger partial charge in [-0.05, 0) is 54.9 Å². The van der Waals surface area contributed by atoms with E-state index >= 15 is 0 Å². The Hall–Kier alpha value is -2.10. The van der Waals surface area contributed by atoms with Crippen LogP contribution in [0.4, 0.5) is 11.4 Å². The van der Waals surface area contributed by atoms with Crippen LogP contribution < -0.4 is 10.6 Å². The highest BCUT2D eigenvalue weighted by Gasteiger charge is 2.60. The van der Waals surface area contributed by atoms with E-state index in [-0.39, 0.29) is 17.2 Å². The summed E-state index contributed by atoms with van der Waals surface area (Å²) in [5, 5.41) is 5.76. The molecule has 0 radical (unpaired) electrons. The zero-order valence-electron chi connectivity index (χ0n) is 14.0. The van der Waals surface area contributed by atoms with Crippen molar-refractivity contribution in [3.05, 3.63) is 36.4 Å². The van der Waals surface area contributed by atoms with Gasteiger partial charge in [-0.1, -0.05) is 26.0 Å². The first kappa shape index (κ1) is 15.8. The molecule has 0 saturated heterocycles. The summed E-state index contributed by atoms with van der Waals surface area (Å²) >= 11 is 0. The van der Waals surface area contributed by atoms with Crippen LogP contribution in [0.1, 0.15) is 40.0 Å². The highest BCUT2D eigenvalue weighted by molar-refractivity contribution is 5.98. The average molecular weight is 312 g/mol. The van der Waals surface area contributed by atoms with Crippen molar-refractivity contribution >= 4 is 23.2 Å². The van der Waals surface area contributed by atoms with E-state index in [4.69, 9.17) is 0 Å². The van der Waals surface area contributed by atoms with Gasteiger partial charge in [-0.3, -0.25) is 9.59 Å². The molecule has 0 aliphatic heterocycles. The van der Waals surface area contributed by atoms with E-state index in [1.54, 1.807) is 12.1 Å². The second-order valence-corrected chi connectivity index (χ2v) is 7.43. The number of amides is 2. The average Bonchev–Trinajstić information content (AvgIpc) is 3.01. The number of fused-ring (bicyclic) bond motifs is 2. The van der Waals surface area contributed by atoms with E-state index < -0.39 is 5.41 Å². The number of benzene rings is 1. The van der Waals surface area contributed by atoms with Crippen LogP contribution in [0.5, 0.6) is 0 Å². The number of hydrogen-bond donors (Lipinski definition) is 2. The zero-order valence-corrected chi connectivity index (χ0v) is 14.0. The van der Waals surface area contributed by atoms with E-state index in [9.17, 15) is 9.59 Å². The second-order valence-electron chi connectivity index (χ2n) is 7.43. The number of carbonyl (C=O) groups excluding carboxylic acids is 2. The minimum absolute atomic E-state index is 0.0465. The Kier molecular flexibility index (Phi) is 3.58.